The van der Waals surface area contributed by atoms with Gasteiger partial charge in [-0.25, -0.2) is 0 Å². The lowest BCUT2D eigenvalue weighted by atomic mass is 10.0. The minimum Gasteiger partial charge on any atom is -0.330 e. The van der Waals surface area contributed by atoms with E-state index in [0.29, 0.717) is 0 Å². The molecule has 28 heavy (non-hydrogen) atoms. The first-order chi connectivity index (χ1) is 13.3. The summed E-state index contributed by atoms with van der Waals surface area (Å²) in [6.45, 7) is 14.2. The zero-order valence-electron chi connectivity index (χ0n) is 19.7. The highest BCUT2D eigenvalue weighted by Gasteiger charge is 1.94. The average Bonchev–Trinajstić information content (AvgIpc) is 2.63. The predicted molar refractivity (Wildman–Crippen MR) is 130 cm³/mol. The minimum absolute atomic E-state index is 0.795. The third-order valence-electron chi connectivity index (χ3n) is 5.08. The second-order valence-corrected chi connectivity index (χ2v) is 8.57. The van der Waals surface area contributed by atoms with Crippen molar-refractivity contribution < 1.29 is 0 Å². The molecule has 0 fully saturated rings. The summed E-state index contributed by atoms with van der Waals surface area (Å²) in [6.07, 6.45) is 23.6. The van der Waals surface area contributed by atoms with Gasteiger partial charge in [-0.1, -0.05) is 58.2 Å². The molecular formula is C27H47N. The van der Waals surface area contributed by atoms with Crippen LogP contribution in [0.4, 0.5) is 0 Å². The van der Waals surface area contributed by atoms with E-state index in [1.165, 1.54) is 60.0 Å². The summed E-state index contributed by atoms with van der Waals surface area (Å²) in [7, 11) is 0. The van der Waals surface area contributed by atoms with E-state index in [1.807, 2.05) is 0 Å². The van der Waals surface area contributed by atoms with Gasteiger partial charge in [0.15, 0.2) is 0 Å². The molecule has 0 spiro atoms. The van der Waals surface area contributed by atoms with Crippen molar-refractivity contribution in [3.63, 3.8) is 0 Å². The van der Waals surface area contributed by atoms with Crippen LogP contribution in [0.3, 0.4) is 0 Å². The molecule has 1 nitrogen and oxygen atoms in total. The van der Waals surface area contributed by atoms with Crippen molar-refractivity contribution in [2.45, 2.75) is 106 Å². The number of hydrogen-bond donors (Lipinski definition) is 1. The standard InChI is InChI=1S/C27H47N/c1-23(2)13-9-16-26(5)19-10-17-24(3)14-7-8-15-25(4)18-11-20-27(6)21-12-22-28/h13-15,19-20H,7-12,16-18,21-22,28H2,1-6H3/b24-14+,25-15+,26-19+,27-20+. The summed E-state index contributed by atoms with van der Waals surface area (Å²) in [4.78, 5) is 0. The van der Waals surface area contributed by atoms with E-state index in [-0.39, 0.29) is 0 Å². The molecule has 0 bridgehead atoms. The predicted octanol–water partition coefficient (Wildman–Crippen LogP) is 8.60. The lowest BCUT2D eigenvalue weighted by Crippen LogP contribution is -1.97. The molecule has 0 saturated heterocycles. The number of nitrogens with two attached hydrogens (primary N) is 1. The Morgan fingerprint density at radius 1 is 0.500 bits per heavy atom. The lowest BCUT2D eigenvalue weighted by molar-refractivity contribution is 0.814. The molecule has 0 heterocycles. The minimum atomic E-state index is 0.795. The van der Waals surface area contributed by atoms with Gasteiger partial charge in [-0.05, 0) is 112 Å². The summed E-state index contributed by atoms with van der Waals surface area (Å²) in [6, 6.07) is 0. The fourth-order valence-corrected chi connectivity index (χ4v) is 3.13. The van der Waals surface area contributed by atoms with Crippen LogP contribution in [0.15, 0.2) is 58.2 Å². The molecule has 2 N–H and O–H groups in total. The Labute approximate surface area is 176 Å². The van der Waals surface area contributed by atoms with E-state index in [1.54, 1.807) is 0 Å². The second-order valence-electron chi connectivity index (χ2n) is 8.57. The van der Waals surface area contributed by atoms with Gasteiger partial charge in [0.2, 0.25) is 0 Å². The Kier molecular flexibility index (Phi) is 16.9. The molecule has 0 unspecified atom stereocenters. The quantitative estimate of drug-likeness (QED) is 0.221. The highest BCUT2D eigenvalue weighted by Crippen LogP contribution is 2.14. The Morgan fingerprint density at radius 2 is 0.857 bits per heavy atom. The third kappa shape index (κ3) is 18.0. The Hall–Kier alpha value is -1.34. The van der Waals surface area contributed by atoms with Crippen molar-refractivity contribution in [2.75, 3.05) is 6.54 Å². The summed E-state index contributed by atoms with van der Waals surface area (Å²) in [5.74, 6) is 0. The SMILES string of the molecule is CC(C)=CCC/C(C)=C/CC/C(C)=C/CC/C=C(\C)CC/C=C(\C)CCCN. The first kappa shape index (κ1) is 26.7. The van der Waals surface area contributed by atoms with Crippen molar-refractivity contribution in [3.8, 4) is 0 Å². The van der Waals surface area contributed by atoms with Crippen LogP contribution < -0.4 is 5.73 Å². The van der Waals surface area contributed by atoms with Crippen molar-refractivity contribution in [1.29, 1.82) is 0 Å². The van der Waals surface area contributed by atoms with Crippen molar-refractivity contribution in [3.05, 3.63) is 58.2 Å². The summed E-state index contributed by atoms with van der Waals surface area (Å²) < 4.78 is 0. The summed E-state index contributed by atoms with van der Waals surface area (Å²) >= 11 is 0. The molecule has 0 aromatic rings. The van der Waals surface area contributed by atoms with Gasteiger partial charge in [-0.15, -0.1) is 0 Å². The van der Waals surface area contributed by atoms with Crippen LogP contribution in [-0.2, 0) is 0 Å². The Morgan fingerprint density at radius 3 is 1.25 bits per heavy atom. The zero-order valence-corrected chi connectivity index (χ0v) is 19.7. The number of hydrogen-bond acceptors (Lipinski definition) is 1. The molecule has 160 valence electrons. The Bertz CT molecular complexity index is 551. The van der Waals surface area contributed by atoms with E-state index in [9.17, 15) is 0 Å². The van der Waals surface area contributed by atoms with Crippen LogP contribution >= 0.6 is 0 Å². The molecule has 0 aliphatic heterocycles. The van der Waals surface area contributed by atoms with Crippen molar-refractivity contribution >= 4 is 0 Å². The van der Waals surface area contributed by atoms with Gasteiger partial charge in [0.25, 0.3) is 0 Å². The molecule has 0 rings (SSSR count). The molecule has 0 saturated carbocycles. The number of unbranched alkanes of at least 4 members (excludes halogenated alkanes) is 1. The maximum atomic E-state index is 5.56. The molecular weight excluding hydrogens is 338 g/mol. The lowest BCUT2D eigenvalue weighted by Gasteiger charge is -2.02. The van der Waals surface area contributed by atoms with E-state index >= 15 is 0 Å². The second kappa shape index (κ2) is 17.7. The van der Waals surface area contributed by atoms with Crippen LogP contribution in [0, 0.1) is 0 Å². The maximum absolute atomic E-state index is 5.56. The Balaban J connectivity index is 4.00. The average molecular weight is 386 g/mol. The fraction of sp³-hybridized carbons (Fsp3) is 0.630. The van der Waals surface area contributed by atoms with Gasteiger partial charge in [0.1, 0.15) is 0 Å². The van der Waals surface area contributed by atoms with Gasteiger partial charge in [0.05, 0.1) is 0 Å². The molecule has 0 aliphatic rings. The number of rotatable bonds is 15. The van der Waals surface area contributed by atoms with E-state index in [0.717, 1.165) is 38.6 Å². The highest BCUT2D eigenvalue weighted by atomic mass is 14.5. The van der Waals surface area contributed by atoms with E-state index in [2.05, 4.69) is 71.9 Å². The van der Waals surface area contributed by atoms with Gasteiger partial charge < -0.3 is 5.73 Å². The maximum Gasteiger partial charge on any atom is -0.00742 e. The summed E-state index contributed by atoms with van der Waals surface area (Å²) in [5.41, 5.74) is 13.0. The van der Waals surface area contributed by atoms with E-state index in [4.69, 9.17) is 5.73 Å². The van der Waals surface area contributed by atoms with Crippen LogP contribution in [-0.4, -0.2) is 6.54 Å². The van der Waals surface area contributed by atoms with E-state index < -0.39 is 0 Å². The first-order valence-electron chi connectivity index (χ1n) is 11.3. The van der Waals surface area contributed by atoms with Gasteiger partial charge in [0, 0.05) is 0 Å². The van der Waals surface area contributed by atoms with Gasteiger partial charge in [-0.2, -0.15) is 0 Å². The highest BCUT2D eigenvalue weighted by molar-refractivity contribution is 5.07. The smallest absolute Gasteiger partial charge is 0.00742 e. The molecule has 0 aromatic heterocycles. The van der Waals surface area contributed by atoms with Crippen LogP contribution in [0.25, 0.3) is 0 Å². The summed E-state index contributed by atoms with van der Waals surface area (Å²) in [5, 5.41) is 0. The van der Waals surface area contributed by atoms with Crippen molar-refractivity contribution in [1.82, 2.24) is 0 Å². The monoisotopic (exact) mass is 385 g/mol. The van der Waals surface area contributed by atoms with Crippen LogP contribution in [0.5, 0.6) is 0 Å². The molecule has 0 aromatic carbocycles. The molecule has 0 amide bonds. The van der Waals surface area contributed by atoms with Crippen LogP contribution in [0.1, 0.15) is 106 Å². The molecule has 0 radical (unpaired) electrons. The topological polar surface area (TPSA) is 26.0 Å². The molecule has 0 atom stereocenters. The van der Waals surface area contributed by atoms with Crippen molar-refractivity contribution in [2.24, 2.45) is 5.73 Å². The van der Waals surface area contributed by atoms with Crippen LogP contribution in [0.2, 0.25) is 0 Å². The van der Waals surface area contributed by atoms with Gasteiger partial charge in [-0.3, -0.25) is 0 Å². The molecule has 1 heteroatoms. The molecule has 0 aliphatic carbocycles. The first-order valence-corrected chi connectivity index (χ1v) is 11.3. The largest absolute Gasteiger partial charge is 0.330 e. The fourth-order valence-electron chi connectivity index (χ4n) is 3.13. The zero-order chi connectivity index (χ0) is 21.2. The van der Waals surface area contributed by atoms with Gasteiger partial charge >= 0.3 is 0 Å². The normalized spacial score (nSPS) is 13.8. The third-order valence-corrected chi connectivity index (χ3v) is 5.08. The number of allylic oxidation sites excluding steroid dienone is 10.